The van der Waals surface area contributed by atoms with Crippen molar-refractivity contribution in [3.05, 3.63) is 99.8 Å². The van der Waals surface area contributed by atoms with Gasteiger partial charge in [0.25, 0.3) is 15.6 Å². The van der Waals surface area contributed by atoms with E-state index in [2.05, 4.69) is 15.1 Å². The van der Waals surface area contributed by atoms with E-state index < -0.39 is 15.6 Å². The maximum absolute atomic E-state index is 13.5. The van der Waals surface area contributed by atoms with E-state index in [1.165, 1.54) is 10.7 Å². The Hall–Kier alpha value is -4.11. The minimum absolute atomic E-state index is 0.00634. The van der Waals surface area contributed by atoms with Gasteiger partial charge in [0.15, 0.2) is 5.84 Å². The van der Waals surface area contributed by atoms with Gasteiger partial charge in [-0.15, -0.1) is 4.40 Å². The van der Waals surface area contributed by atoms with Crippen LogP contribution in [0, 0.1) is 6.92 Å². The first-order valence-corrected chi connectivity index (χ1v) is 11.7. The van der Waals surface area contributed by atoms with Gasteiger partial charge >= 0.3 is 0 Å². The van der Waals surface area contributed by atoms with Crippen molar-refractivity contribution < 1.29 is 13.5 Å². The standard InChI is InChI=1S/C24H20N4O4S/c1-15-10-12-16(13-11-15)14-25-28-19-8-4-2-6-17(19)22(29)21(24(28)30)23-26-18-7-3-5-9-20(18)33(31,32)27-23/h2-13,25,29H,14H2,1H3,(H,26,27). The lowest BCUT2D eigenvalue weighted by Gasteiger charge is -2.21. The van der Waals surface area contributed by atoms with E-state index in [4.69, 9.17) is 0 Å². The van der Waals surface area contributed by atoms with Crippen molar-refractivity contribution >= 4 is 32.4 Å². The molecule has 0 unspecified atom stereocenters. The summed E-state index contributed by atoms with van der Waals surface area (Å²) < 4.78 is 30.6. The molecule has 0 amide bonds. The van der Waals surface area contributed by atoms with Crippen LogP contribution in [0.1, 0.15) is 16.7 Å². The van der Waals surface area contributed by atoms with Crippen LogP contribution in [0.25, 0.3) is 10.9 Å². The topological polar surface area (TPSA) is 113 Å². The van der Waals surface area contributed by atoms with Gasteiger partial charge in [-0.05, 0) is 36.8 Å². The number of amidine groups is 1. The maximum atomic E-state index is 13.5. The van der Waals surface area contributed by atoms with Crippen molar-refractivity contribution in [1.29, 1.82) is 0 Å². The molecular formula is C24H20N4O4S. The molecule has 1 aromatic heterocycles. The number of nitrogens with zero attached hydrogens (tertiary/aromatic N) is 2. The normalized spacial score (nSPS) is 14.3. The summed E-state index contributed by atoms with van der Waals surface area (Å²) in [5.41, 5.74) is 5.06. The van der Waals surface area contributed by atoms with Gasteiger partial charge in [0.2, 0.25) is 0 Å². The van der Waals surface area contributed by atoms with Gasteiger partial charge in [-0.1, -0.05) is 54.1 Å². The van der Waals surface area contributed by atoms with Crippen LogP contribution in [0.4, 0.5) is 5.69 Å². The Labute approximate surface area is 189 Å². The molecule has 0 bridgehead atoms. The van der Waals surface area contributed by atoms with Crippen LogP contribution in [0.15, 0.2) is 86.9 Å². The number of aryl methyl sites for hydroxylation is 1. The van der Waals surface area contributed by atoms with Gasteiger partial charge in [-0.2, -0.15) is 8.42 Å². The summed E-state index contributed by atoms with van der Waals surface area (Å²) in [6.07, 6.45) is 0. The molecule has 2 heterocycles. The summed E-state index contributed by atoms with van der Waals surface area (Å²) in [5, 5.41) is 14.3. The van der Waals surface area contributed by atoms with Gasteiger partial charge < -0.3 is 15.8 Å². The second-order valence-corrected chi connectivity index (χ2v) is 9.31. The minimum Gasteiger partial charge on any atom is -0.506 e. The highest BCUT2D eigenvalue weighted by molar-refractivity contribution is 7.90. The second kappa shape index (κ2) is 7.79. The van der Waals surface area contributed by atoms with E-state index in [0.717, 1.165) is 11.1 Å². The monoisotopic (exact) mass is 460 g/mol. The summed E-state index contributed by atoms with van der Waals surface area (Å²) in [6.45, 7) is 2.33. The summed E-state index contributed by atoms with van der Waals surface area (Å²) in [4.78, 5) is 13.5. The third-order valence-corrected chi connectivity index (χ3v) is 6.82. The summed E-state index contributed by atoms with van der Waals surface area (Å²) in [5.74, 6) is -0.572. The van der Waals surface area contributed by atoms with Gasteiger partial charge in [-0.3, -0.25) is 4.79 Å². The lowest BCUT2D eigenvalue weighted by molar-refractivity contribution is 0.478. The molecule has 1 aliphatic heterocycles. The second-order valence-electron chi connectivity index (χ2n) is 7.74. The molecule has 0 aliphatic carbocycles. The largest absolute Gasteiger partial charge is 0.506 e. The summed E-state index contributed by atoms with van der Waals surface area (Å²) in [7, 11) is -4.05. The van der Waals surface area contributed by atoms with Gasteiger partial charge in [-0.25, -0.2) is 4.68 Å². The van der Waals surface area contributed by atoms with E-state index in [1.54, 1.807) is 42.5 Å². The lowest BCUT2D eigenvalue weighted by Crippen LogP contribution is -2.36. The van der Waals surface area contributed by atoms with Crippen molar-refractivity contribution in [2.75, 3.05) is 10.7 Å². The third kappa shape index (κ3) is 3.62. The number of para-hydroxylation sites is 2. The van der Waals surface area contributed by atoms with Gasteiger partial charge in [0.05, 0.1) is 17.7 Å². The summed E-state index contributed by atoms with van der Waals surface area (Å²) >= 11 is 0. The molecule has 3 N–H and O–H groups in total. The SMILES string of the molecule is Cc1ccc(CNn2c(=O)c(C3=NS(=O)(=O)c4ccccc4N3)c(O)c3ccccc32)cc1. The molecule has 0 atom stereocenters. The average Bonchev–Trinajstić information content (AvgIpc) is 2.80. The third-order valence-electron chi connectivity index (χ3n) is 5.48. The van der Waals surface area contributed by atoms with Gasteiger partial charge in [0, 0.05) is 5.39 Å². The molecule has 0 fully saturated rings. The number of aromatic hydroxyl groups is 1. The minimum atomic E-state index is -4.05. The highest BCUT2D eigenvalue weighted by Crippen LogP contribution is 2.31. The zero-order valence-electron chi connectivity index (χ0n) is 17.6. The predicted octanol–water partition coefficient (Wildman–Crippen LogP) is 3.32. The molecule has 1 aliphatic rings. The number of anilines is 1. The van der Waals surface area contributed by atoms with Crippen LogP contribution < -0.4 is 16.3 Å². The first-order valence-electron chi connectivity index (χ1n) is 10.2. The zero-order valence-corrected chi connectivity index (χ0v) is 18.4. The fourth-order valence-corrected chi connectivity index (χ4v) is 4.92. The van der Waals surface area contributed by atoms with Crippen molar-refractivity contribution in [2.45, 2.75) is 18.4 Å². The number of rotatable bonds is 4. The maximum Gasteiger partial charge on any atom is 0.286 e. The van der Waals surface area contributed by atoms with E-state index in [0.29, 0.717) is 17.4 Å². The number of aromatic nitrogens is 1. The average molecular weight is 461 g/mol. The Morgan fingerprint density at radius 1 is 1.00 bits per heavy atom. The Balaban J connectivity index is 1.67. The van der Waals surface area contributed by atoms with Crippen LogP contribution in [0.2, 0.25) is 0 Å². The van der Waals surface area contributed by atoms with Crippen LogP contribution in [-0.2, 0) is 16.6 Å². The fourth-order valence-electron chi connectivity index (χ4n) is 3.80. The Morgan fingerprint density at radius 3 is 2.48 bits per heavy atom. The van der Waals surface area contributed by atoms with Crippen LogP contribution in [0.3, 0.4) is 0 Å². The van der Waals surface area contributed by atoms with Crippen molar-refractivity contribution in [3.63, 3.8) is 0 Å². The number of hydrogen-bond donors (Lipinski definition) is 3. The molecule has 0 saturated carbocycles. The van der Waals surface area contributed by atoms with E-state index in [1.807, 2.05) is 31.2 Å². The van der Waals surface area contributed by atoms with Crippen LogP contribution in [0.5, 0.6) is 5.75 Å². The molecule has 0 radical (unpaired) electrons. The van der Waals surface area contributed by atoms with E-state index in [9.17, 15) is 18.3 Å². The number of fused-ring (bicyclic) bond motifs is 2. The highest BCUT2D eigenvalue weighted by atomic mass is 32.2. The van der Waals surface area contributed by atoms with E-state index in [-0.39, 0.29) is 27.7 Å². The number of pyridine rings is 1. The number of nitrogens with one attached hydrogen (secondary N) is 2. The Morgan fingerprint density at radius 2 is 1.70 bits per heavy atom. The summed E-state index contributed by atoms with van der Waals surface area (Å²) in [6, 6.07) is 21.0. The smallest absolute Gasteiger partial charge is 0.286 e. The van der Waals surface area contributed by atoms with Crippen LogP contribution in [-0.4, -0.2) is 24.0 Å². The molecule has 166 valence electrons. The molecule has 33 heavy (non-hydrogen) atoms. The fraction of sp³-hybridized carbons (Fsp3) is 0.0833. The van der Waals surface area contributed by atoms with Crippen molar-refractivity contribution in [2.24, 2.45) is 4.40 Å². The molecule has 8 nitrogen and oxygen atoms in total. The molecule has 9 heteroatoms. The van der Waals surface area contributed by atoms with E-state index >= 15 is 0 Å². The Bertz CT molecular complexity index is 1590. The highest BCUT2D eigenvalue weighted by Gasteiger charge is 2.29. The molecular weight excluding hydrogens is 440 g/mol. The lowest BCUT2D eigenvalue weighted by atomic mass is 10.1. The van der Waals surface area contributed by atoms with Gasteiger partial charge in [0.1, 0.15) is 16.2 Å². The Kier molecular flexibility index (Phi) is 4.90. The number of hydrogen-bond acceptors (Lipinski definition) is 6. The zero-order chi connectivity index (χ0) is 23.2. The molecule has 3 aromatic carbocycles. The predicted molar refractivity (Wildman–Crippen MR) is 128 cm³/mol. The quantitative estimate of drug-likeness (QED) is 0.431. The molecule has 4 aromatic rings. The number of benzene rings is 3. The first-order chi connectivity index (χ1) is 15.8. The molecule has 5 rings (SSSR count). The van der Waals surface area contributed by atoms with Crippen molar-refractivity contribution in [1.82, 2.24) is 4.68 Å². The first kappa shape index (κ1) is 20.8. The van der Waals surface area contributed by atoms with Crippen LogP contribution >= 0.6 is 0 Å². The number of sulfonamides is 1. The molecule has 0 spiro atoms. The van der Waals surface area contributed by atoms with Crippen molar-refractivity contribution in [3.8, 4) is 5.75 Å². The molecule has 0 saturated heterocycles.